The normalized spacial score (nSPS) is 15.4. The average Bonchev–Trinajstić information content (AvgIpc) is 2.34. The fourth-order valence-electron chi connectivity index (χ4n) is 0.828. The third kappa shape index (κ3) is 5.07. The van der Waals surface area contributed by atoms with Crippen LogP contribution in [0.25, 0.3) is 0 Å². The van der Waals surface area contributed by atoms with Gasteiger partial charge >= 0.3 is 43.1 Å². The number of halogens is 10. The lowest BCUT2D eigenvalue weighted by Gasteiger charge is -2.19. The van der Waals surface area contributed by atoms with E-state index in [2.05, 4.69) is 8.37 Å². The maximum Gasteiger partial charge on any atom is 0.472 e. The first-order valence-electron chi connectivity index (χ1n) is 5.38. The summed E-state index contributed by atoms with van der Waals surface area (Å²) in [6.45, 7) is -3.25. The maximum absolute atomic E-state index is 12.5. The fourth-order valence-corrected chi connectivity index (χ4v) is 2.37. The Morgan fingerprint density at radius 3 is 1.00 bits per heavy atom. The molecule has 18 heteroatoms. The summed E-state index contributed by atoms with van der Waals surface area (Å²) in [4.78, 5) is 0. The van der Waals surface area contributed by atoms with E-state index in [9.17, 15) is 60.7 Å². The third-order valence-electron chi connectivity index (χ3n) is 2.05. The Labute approximate surface area is 132 Å². The molecule has 0 unspecified atom stereocenters. The molecular weight excluding hydrogens is 434 g/mol. The van der Waals surface area contributed by atoms with E-state index in [1.165, 1.54) is 0 Å². The van der Waals surface area contributed by atoms with E-state index in [0.717, 1.165) is 0 Å². The first kappa shape index (κ1) is 24.1. The van der Waals surface area contributed by atoms with Crippen LogP contribution in [0.3, 0.4) is 0 Å². The summed E-state index contributed by atoms with van der Waals surface area (Å²) in [5.41, 5.74) is 0. The number of hydrogen-bond donors (Lipinski definition) is 0. The van der Waals surface area contributed by atoms with Crippen LogP contribution in [0, 0.1) is 0 Å². The quantitative estimate of drug-likeness (QED) is 0.327. The number of rotatable bonds is 8. The van der Waals surface area contributed by atoms with Crippen molar-refractivity contribution in [1.82, 2.24) is 0 Å². The van der Waals surface area contributed by atoms with Crippen molar-refractivity contribution in [3.8, 4) is 0 Å². The van der Waals surface area contributed by atoms with Gasteiger partial charge in [-0.1, -0.05) is 0 Å². The van der Waals surface area contributed by atoms with E-state index in [0.29, 0.717) is 0 Å². The Balaban J connectivity index is 4.73. The van der Waals surface area contributed by atoms with Crippen molar-refractivity contribution in [1.29, 1.82) is 0 Å². The van der Waals surface area contributed by atoms with Gasteiger partial charge in [0, 0.05) is 0 Å². The van der Waals surface area contributed by atoms with Crippen LogP contribution in [-0.2, 0) is 28.6 Å². The number of hydrogen-bond acceptors (Lipinski definition) is 6. The van der Waals surface area contributed by atoms with Crippen molar-refractivity contribution in [2.75, 3.05) is 13.2 Å². The van der Waals surface area contributed by atoms with Crippen LogP contribution in [0.2, 0.25) is 0 Å². The smallest absolute Gasteiger partial charge is 0.265 e. The lowest BCUT2D eigenvalue weighted by molar-refractivity contribution is -0.244. The number of alkyl halides is 10. The van der Waals surface area contributed by atoms with Crippen molar-refractivity contribution in [3.05, 3.63) is 0 Å². The minimum absolute atomic E-state index is 1.24. The molecule has 0 saturated carbocycles. The van der Waals surface area contributed by atoms with E-state index < -0.39 is 62.7 Å². The van der Waals surface area contributed by atoms with Gasteiger partial charge in [-0.25, -0.2) is 0 Å². The molecule has 0 atom stereocenters. The largest absolute Gasteiger partial charge is 0.472 e. The van der Waals surface area contributed by atoms with Gasteiger partial charge in [0.25, 0.3) is 0 Å². The molecule has 6 nitrogen and oxygen atoms in total. The van der Waals surface area contributed by atoms with Crippen LogP contribution in [0.15, 0.2) is 0 Å². The summed E-state index contributed by atoms with van der Waals surface area (Å²) in [6, 6.07) is 0. The van der Waals surface area contributed by atoms with Crippen LogP contribution >= 0.6 is 0 Å². The summed E-state index contributed by atoms with van der Waals surface area (Å²) in [7, 11) is -13.2. The molecule has 0 rings (SSSR count). The second kappa shape index (κ2) is 7.03. The van der Waals surface area contributed by atoms with E-state index in [4.69, 9.17) is 0 Å². The predicted molar refractivity (Wildman–Crippen MR) is 56.4 cm³/mol. The Bertz CT molecular complexity index is 603. The fraction of sp³-hybridized carbons (Fsp3) is 1.00. The van der Waals surface area contributed by atoms with Gasteiger partial charge in [0.2, 0.25) is 0 Å². The summed E-state index contributed by atoms with van der Waals surface area (Å²) in [5.74, 6) is 0. The second-order valence-electron chi connectivity index (χ2n) is 3.93. The molecular formula is C7H6F10O6S2. The highest BCUT2D eigenvalue weighted by Gasteiger charge is 2.69. The Kier molecular flexibility index (Phi) is 6.78. The monoisotopic (exact) mass is 440 g/mol. The first-order chi connectivity index (χ1) is 10.7. The maximum atomic E-state index is 12.5. The molecule has 25 heavy (non-hydrogen) atoms. The van der Waals surface area contributed by atoms with Crippen molar-refractivity contribution < 1.29 is 69.1 Å². The average molecular weight is 440 g/mol. The summed E-state index contributed by atoms with van der Waals surface area (Å²) < 4.78 is 170. The van der Waals surface area contributed by atoms with Crippen LogP contribution in [0.5, 0.6) is 0 Å². The molecule has 0 radical (unpaired) electrons. The SMILES string of the molecule is O=S(=O)(OCCCOS(=O)(=O)C(F)(F)C(F)(F)F)C(F)(F)C(F)(F)F. The van der Waals surface area contributed by atoms with Gasteiger partial charge in [-0.05, 0) is 6.42 Å². The Hall–Kier alpha value is -0.880. The minimum atomic E-state index is -6.58. The molecule has 0 aliphatic heterocycles. The van der Waals surface area contributed by atoms with Gasteiger partial charge in [-0.15, -0.1) is 0 Å². The van der Waals surface area contributed by atoms with Gasteiger partial charge in [0.05, 0.1) is 13.2 Å². The summed E-state index contributed by atoms with van der Waals surface area (Å²) >= 11 is 0. The summed E-state index contributed by atoms with van der Waals surface area (Å²) in [6.07, 6.45) is -14.3. The van der Waals surface area contributed by atoms with E-state index in [1.807, 2.05) is 0 Å². The molecule has 0 N–H and O–H groups in total. The molecule has 0 aliphatic carbocycles. The van der Waals surface area contributed by atoms with Gasteiger partial charge < -0.3 is 0 Å². The lowest BCUT2D eigenvalue weighted by Crippen LogP contribution is -2.45. The molecule has 0 spiro atoms. The lowest BCUT2D eigenvalue weighted by atomic mass is 10.5. The molecule has 0 saturated heterocycles. The summed E-state index contributed by atoms with van der Waals surface area (Å²) in [5, 5.41) is -12.7. The highest BCUT2D eigenvalue weighted by molar-refractivity contribution is 7.88. The molecule has 152 valence electrons. The molecule has 0 amide bonds. The van der Waals surface area contributed by atoms with Crippen LogP contribution in [-0.4, -0.2) is 52.9 Å². The highest BCUT2D eigenvalue weighted by Crippen LogP contribution is 2.41. The zero-order valence-corrected chi connectivity index (χ0v) is 12.8. The molecule has 0 aromatic carbocycles. The van der Waals surface area contributed by atoms with Crippen molar-refractivity contribution in [2.45, 2.75) is 29.3 Å². The van der Waals surface area contributed by atoms with Gasteiger partial charge in [0.1, 0.15) is 0 Å². The molecule has 0 aromatic heterocycles. The molecule has 0 aliphatic rings. The van der Waals surface area contributed by atoms with Crippen LogP contribution < -0.4 is 0 Å². The molecule has 0 bridgehead atoms. The first-order valence-corrected chi connectivity index (χ1v) is 8.19. The van der Waals surface area contributed by atoms with E-state index in [1.54, 1.807) is 0 Å². The zero-order chi connectivity index (χ0) is 20.5. The Morgan fingerprint density at radius 2 is 0.800 bits per heavy atom. The highest BCUT2D eigenvalue weighted by atomic mass is 32.2. The van der Waals surface area contributed by atoms with Crippen LogP contribution in [0.1, 0.15) is 6.42 Å². The van der Waals surface area contributed by atoms with Crippen molar-refractivity contribution >= 4 is 20.2 Å². The van der Waals surface area contributed by atoms with Crippen molar-refractivity contribution in [2.24, 2.45) is 0 Å². The Morgan fingerprint density at radius 1 is 0.560 bits per heavy atom. The predicted octanol–water partition coefficient (Wildman–Crippen LogP) is 2.38. The third-order valence-corrected chi connectivity index (χ3v) is 4.73. The van der Waals surface area contributed by atoms with Crippen LogP contribution in [0.4, 0.5) is 43.9 Å². The topological polar surface area (TPSA) is 86.7 Å². The van der Waals surface area contributed by atoms with Gasteiger partial charge in [-0.3, -0.25) is 8.37 Å². The van der Waals surface area contributed by atoms with Crippen molar-refractivity contribution in [3.63, 3.8) is 0 Å². The zero-order valence-electron chi connectivity index (χ0n) is 11.2. The molecule has 0 fully saturated rings. The molecule has 0 aromatic rings. The van der Waals surface area contributed by atoms with Gasteiger partial charge in [-0.2, -0.15) is 60.7 Å². The van der Waals surface area contributed by atoms with Gasteiger partial charge in [0.15, 0.2) is 0 Å². The standard InChI is InChI=1S/C7H6F10O6S2/c8-4(9,10)6(14,15)24(18,19)22-2-1-3-23-25(20,21)7(16,17)5(11,12)13/h1-3H2. The molecule has 0 heterocycles. The van der Waals surface area contributed by atoms with E-state index in [-0.39, 0.29) is 0 Å². The van der Waals surface area contributed by atoms with E-state index >= 15 is 0 Å². The second-order valence-corrected chi connectivity index (χ2v) is 7.25. The minimum Gasteiger partial charge on any atom is -0.265 e.